The number of rotatable bonds is 6. The van der Waals surface area contributed by atoms with Crippen LogP contribution < -0.4 is 17.0 Å². The minimum Gasteiger partial charge on any atom is -0.384 e. The Morgan fingerprint density at radius 1 is 1.19 bits per heavy atom. The quantitative estimate of drug-likeness (QED) is 0.595. The number of imidazole rings is 1. The number of hydrogen-bond acceptors (Lipinski definition) is 6. The van der Waals surface area contributed by atoms with Crippen molar-refractivity contribution >= 4 is 23.4 Å². The summed E-state index contributed by atoms with van der Waals surface area (Å²) < 4.78 is 4.08. The van der Waals surface area contributed by atoms with E-state index in [0.29, 0.717) is 5.92 Å². The SMILES string of the molecule is Cc1nc(SCC(=O)c2c(N)n(C)c(=O)n(C)c2=O)n(CC(C)C)c1C. The lowest BCUT2D eigenvalue weighted by molar-refractivity contribution is 0.102. The van der Waals surface area contributed by atoms with Crippen molar-refractivity contribution < 1.29 is 4.79 Å². The summed E-state index contributed by atoms with van der Waals surface area (Å²) in [5.41, 5.74) is 6.43. The molecule has 26 heavy (non-hydrogen) atoms. The molecule has 0 radical (unpaired) electrons. The van der Waals surface area contributed by atoms with Gasteiger partial charge in [0.1, 0.15) is 11.4 Å². The lowest BCUT2D eigenvalue weighted by Crippen LogP contribution is -2.41. The largest absolute Gasteiger partial charge is 0.384 e. The van der Waals surface area contributed by atoms with Crippen LogP contribution >= 0.6 is 11.8 Å². The molecule has 0 aliphatic heterocycles. The van der Waals surface area contributed by atoms with Crippen LogP contribution in [0.4, 0.5) is 5.82 Å². The van der Waals surface area contributed by atoms with Gasteiger partial charge in [-0.25, -0.2) is 9.78 Å². The topological polar surface area (TPSA) is 105 Å². The fourth-order valence-corrected chi connectivity index (χ4v) is 3.61. The maximum atomic E-state index is 12.6. The summed E-state index contributed by atoms with van der Waals surface area (Å²) in [4.78, 5) is 41.3. The van der Waals surface area contributed by atoms with Gasteiger partial charge in [-0.3, -0.25) is 18.7 Å². The second kappa shape index (κ2) is 7.53. The number of nitrogens with zero attached hydrogens (tertiary/aromatic N) is 4. The molecule has 0 aliphatic rings. The minimum absolute atomic E-state index is 0.0195. The van der Waals surface area contributed by atoms with E-state index in [4.69, 9.17) is 5.73 Å². The van der Waals surface area contributed by atoms with Crippen molar-refractivity contribution in [1.82, 2.24) is 18.7 Å². The van der Waals surface area contributed by atoms with Gasteiger partial charge in [-0.2, -0.15) is 0 Å². The molecule has 0 spiro atoms. The Balaban J connectivity index is 2.33. The summed E-state index contributed by atoms with van der Waals surface area (Å²) in [7, 11) is 2.76. The van der Waals surface area contributed by atoms with E-state index in [2.05, 4.69) is 23.4 Å². The number of nitrogen functional groups attached to an aromatic ring is 1. The zero-order valence-corrected chi connectivity index (χ0v) is 16.8. The van der Waals surface area contributed by atoms with Crippen LogP contribution in [0.1, 0.15) is 35.6 Å². The molecule has 0 aliphatic carbocycles. The predicted octanol–water partition coefficient (Wildman–Crippen LogP) is 1.11. The summed E-state index contributed by atoms with van der Waals surface area (Å²) in [5.74, 6) is -0.0744. The molecule has 2 aromatic heterocycles. The van der Waals surface area contributed by atoms with Crippen LogP contribution in [0, 0.1) is 19.8 Å². The Hall–Kier alpha value is -2.29. The molecule has 0 saturated carbocycles. The molecule has 0 bridgehead atoms. The van der Waals surface area contributed by atoms with Crippen LogP contribution in [0.5, 0.6) is 0 Å². The zero-order chi connectivity index (χ0) is 19.8. The number of Topliss-reactive ketones (excluding diaryl/α,β-unsaturated/α-hetero) is 1. The molecule has 8 nitrogen and oxygen atoms in total. The number of carbonyl (C=O) groups is 1. The van der Waals surface area contributed by atoms with Gasteiger partial charge in [-0.15, -0.1) is 0 Å². The van der Waals surface area contributed by atoms with Crippen molar-refractivity contribution in [2.75, 3.05) is 11.5 Å². The number of nitrogens with two attached hydrogens (primary N) is 1. The molecule has 2 aromatic rings. The number of hydrogen-bond donors (Lipinski definition) is 1. The lowest BCUT2D eigenvalue weighted by Gasteiger charge is -2.13. The third kappa shape index (κ3) is 3.62. The number of anilines is 1. The second-order valence-electron chi connectivity index (χ2n) is 6.75. The summed E-state index contributed by atoms with van der Waals surface area (Å²) in [5, 5.41) is 0.738. The van der Waals surface area contributed by atoms with Crippen molar-refractivity contribution in [1.29, 1.82) is 0 Å². The third-order valence-electron chi connectivity index (χ3n) is 4.29. The number of aryl methyl sites for hydroxylation is 1. The molecule has 0 amide bonds. The van der Waals surface area contributed by atoms with Crippen molar-refractivity contribution in [3.63, 3.8) is 0 Å². The first-order valence-electron chi connectivity index (χ1n) is 8.31. The van der Waals surface area contributed by atoms with Gasteiger partial charge in [0.15, 0.2) is 10.9 Å². The van der Waals surface area contributed by atoms with Crippen molar-refractivity contribution in [2.45, 2.75) is 39.4 Å². The number of carbonyl (C=O) groups excluding carboxylic acids is 1. The van der Waals surface area contributed by atoms with Crippen LogP contribution in [-0.2, 0) is 20.6 Å². The molecule has 0 saturated heterocycles. The van der Waals surface area contributed by atoms with Gasteiger partial charge in [0.05, 0.1) is 11.4 Å². The Kier molecular flexibility index (Phi) is 5.80. The first-order valence-corrected chi connectivity index (χ1v) is 9.30. The van der Waals surface area contributed by atoms with E-state index in [-0.39, 0.29) is 17.1 Å². The van der Waals surface area contributed by atoms with E-state index in [1.54, 1.807) is 0 Å². The first-order chi connectivity index (χ1) is 12.1. The standard InChI is InChI=1S/C17H25N5O3S/c1-9(2)7-22-11(4)10(3)19-16(22)26-8-12(23)13-14(18)20(5)17(25)21(6)15(13)24/h9H,7-8,18H2,1-6H3. The van der Waals surface area contributed by atoms with Crippen molar-refractivity contribution in [3.05, 3.63) is 37.8 Å². The maximum Gasteiger partial charge on any atom is 0.332 e. The summed E-state index contributed by atoms with van der Waals surface area (Å²) in [6.07, 6.45) is 0. The van der Waals surface area contributed by atoms with E-state index in [9.17, 15) is 14.4 Å². The monoisotopic (exact) mass is 379 g/mol. The number of ketones is 1. The Labute approximate surface area is 156 Å². The van der Waals surface area contributed by atoms with Gasteiger partial charge < -0.3 is 10.3 Å². The average molecular weight is 379 g/mol. The van der Waals surface area contributed by atoms with E-state index >= 15 is 0 Å². The lowest BCUT2D eigenvalue weighted by atomic mass is 10.2. The van der Waals surface area contributed by atoms with Gasteiger partial charge in [-0.1, -0.05) is 25.6 Å². The second-order valence-corrected chi connectivity index (χ2v) is 7.69. The van der Waals surface area contributed by atoms with Crippen LogP contribution in [0.15, 0.2) is 14.7 Å². The number of aromatic nitrogens is 4. The molecule has 0 atom stereocenters. The first kappa shape index (κ1) is 20.0. The minimum atomic E-state index is -0.672. The van der Waals surface area contributed by atoms with E-state index in [0.717, 1.165) is 32.2 Å². The molecule has 0 fully saturated rings. The van der Waals surface area contributed by atoms with E-state index < -0.39 is 17.0 Å². The van der Waals surface area contributed by atoms with Crippen LogP contribution in [0.3, 0.4) is 0 Å². The Bertz CT molecular complexity index is 968. The van der Waals surface area contributed by atoms with Crippen LogP contribution in [0.2, 0.25) is 0 Å². The fourth-order valence-electron chi connectivity index (χ4n) is 2.64. The summed E-state index contributed by atoms with van der Waals surface area (Å²) >= 11 is 1.27. The van der Waals surface area contributed by atoms with Gasteiger partial charge in [0.2, 0.25) is 0 Å². The van der Waals surface area contributed by atoms with E-state index in [1.165, 1.54) is 25.9 Å². The molecule has 2 rings (SSSR count). The van der Waals surface area contributed by atoms with E-state index in [1.807, 2.05) is 13.8 Å². The highest BCUT2D eigenvalue weighted by Crippen LogP contribution is 2.23. The number of thioether (sulfide) groups is 1. The van der Waals surface area contributed by atoms with Crippen LogP contribution in [-0.4, -0.2) is 30.2 Å². The molecule has 0 unspecified atom stereocenters. The van der Waals surface area contributed by atoms with Crippen molar-refractivity contribution in [2.24, 2.45) is 20.0 Å². The zero-order valence-electron chi connectivity index (χ0n) is 16.0. The highest BCUT2D eigenvalue weighted by Gasteiger charge is 2.21. The average Bonchev–Trinajstić information content (AvgIpc) is 2.83. The van der Waals surface area contributed by atoms with Gasteiger partial charge >= 0.3 is 5.69 Å². The maximum absolute atomic E-state index is 12.6. The Morgan fingerprint density at radius 2 is 1.81 bits per heavy atom. The molecule has 142 valence electrons. The summed E-state index contributed by atoms with van der Waals surface area (Å²) in [6, 6.07) is 0. The Morgan fingerprint density at radius 3 is 2.38 bits per heavy atom. The normalized spacial score (nSPS) is 11.3. The fraction of sp³-hybridized carbons (Fsp3) is 0.529. The molecular formula is C17H25N5O3S. The summed E-state index contributed by atoms with van der Waals surface area (Å²) in [6.45, 7) is 8.95. The van der Waals surface area contributed by atoms with Gasteiger partial charge in [0.25, 0.3) is 5.56 Å². The molecule has 0 aromatic carbocycles. The van der Waals surface area contributed by atoms with Gasteiger partial charge in [0, 0.05) is 26.3 Å². The molecule has 2 N–H and O–H groups in total. The van der Waals surface area contributed by atoms with Gasteiger partial charge in [-0.05, 0) is 19.8 Å². The molecule has 9 heteroatoms. The highest BCUT2D eigenvalue weighted by molar-refractivity contribution is 7.99. The molecule has 2 heterocycles. The predicted molar refractivity (Wildman–Crippen MR) is 103 cm³/mol. The molecular weight excluding hydrogens is 354 g/mol. The smallest absolute Gasteiger partial charge is 0.332 e. The third-order valence-corrected chi connectivity index (χ3v) is 5.27. The van der Waals surface area contributed by atoms with Crippen LogP contribution in [0.25, 0.3) is 0 Å². The highest BCUT2D eigenvalue weighted by atomic mass is 32.2. The van der Waals surface area contributed by atoms with Crippen molar-refractivity contribution in [3.8, 4) is 0 Å².